The first-order valence-corrected chi connectivity index (χ1v) is 28.0. The molecular weight excluding hydrogens is 1050 g/mol. The Morgan fingerprint density at radius 1 is 0.357 bits per heavy atom. The molecule has 84 heavy (non-hydrogen) atoms. The maximum atomic E-state index is 6.86. The number of nitrogens with one attached hydrogen (secondary N) is 3. The normalized spacial score (nSPS) is 15.4. The van der Waals surface area contributed by atoms with Crippen molar-refractivity contribution in [1.29, 1.82) is 0 Å². The quantitative estimate of drug-likeness (QED) is 0.104. The lowest BCUT2D eigenvalue weighted by atomic mass is 10.1. The van der Waals surface area contributed by atoms with Gasteiger partial charge in [-0.05, 0) is 72.8 Å². The Hall–Kier alpha value is -9.71. The molecular formula is C68H68N12O4+4. The Morgan fingerprint density at radius 3 is 1.30 bits per heavy atom. The molecule has 3 N–H and O–H groups in total. The second kappa shape index (κ2) is 20.0. The van der Waals surface area contributed by atoms with Gasteiger partial charge >= 0.3 is 0 Å². The van der Waals surface area contributed by atoms with Crippen LogP contribution in [0.15, 0.2) is 195 Å². The van der Waals surface area contributed by atoms with E-state index in [0.29, 0.717) is 115 Å². The van der Waals surface area contributed by atoms with Crippen LogP contribution in [0.1, 0.15) is 28.4 Å². The van der Waals surface area contributed by atoms with Crippen molar-refractivity contribution >= 4 is 73.4 Å². The van der Waals surface area contributed by atoms with E-state index in [1.807, 2.05) is 115 Å². The van der Waals surface area contributed by atoms with Crippen molar-refractivity contribution in [2.75, 3.05) is 89.9 Å². The zero-order valence-electron chi connectivity index (χ0n) is 49.4. The first-order chi connectivity index (χ1) is 40.1. The Kier molecular flexibility index (Phi) is 12.8. The third-order valence-corrected chi connectivity index (χ3v) is 15.4. The molecule has 0 saturated carbocycles. The molecule has 10 aromatic rings. The van der Waals surface area contributed by atoms with Gasteiger partial charge in [0.2, 0.25) is 0 Å². The van der Waals surface area contributed by atoms with Crippen LogP contribution in [0.5, 0.6) is 46.0 Å². The number of anilines is 1. The number of aromatic nitrogens is 2. The van der Waals surface area contributed by atoms with E-state index >= 15 is 0 Å². The Morgan fingerprint density at radius 2 is 0.786 bits per heavy atom. The van der Waals surface area contributed by atoms with Gasteiger partial charge in [0.05, 0.1) is 106 Å². The summed E-state index contributed by atoms with van der Waals surface area (Å²) in [6.45, 7) is 0. The fourth-order valence-corrected chi connectivity index (χ4v) is 10.8. The summed E-state index contributed by atoms with van der Waals surface area (Å²) in [4.78, 5) is 34.6. The van der Waals surface area contributed by atoms with Crippen LogP contribution >= 0.6 is 0 Å². The van der Waals surface area contributed by atoms with Crippen molar-refractivity contribution in [2.45, 2.75) is 6.17 Å². The van der Waals surface area contributed by atoms with E-state index in [1.54, 1.807) is 0 Å². The largest absolute Gasteiger partial charge is 0.457 e. The summed E-state index contributed by atoms with van der Waals surface area (Å²) >= 11 is 0. The Bertz CT molecular complexity index is 4470. The van der Waals surface area contributed by atoms with Gasteiger partial charge in [-0.3, -0.25) is 17.9 Å². The van der Waals surface area contributed by atoms with Crippen molar-refractivity contribution in [2.24, 2.45) is 25.0 Å². The van der Waals surface area contributed by atoms with Gasteiger partial charge in [0.15, 0.2) is 17.5 Å². The van der Waals surface area contributed by atoms with E-state index in [1.165, 1.54) is 0 Å². The SMILES string of the molecule is C[N+](C)(C)c1ccc(Oc2cccc3c2C2=N/C3=N\c3[nH]c(c4c(Oc5ccc([N+](C)(C)C)cc5)cccc34)NC3N=C(N=c4[nH]c(c5c(Oc6ccc([N+](C)(C)C)cc6)cccc45)=N2)c2c(Oc4ccc([N+](C)(C)C)cc4)cccc23)cc1. The second-order valence-corrected chi connectivity index (χ2v) is 25.0. The van der Waals surface area contributed by atoms with Gasteiger partial charge in [-0.2, -0.15) is 0 Å². The average molecular weight is 1120 g/mol. The molecule has 0 spiro atoms. The van der Waals surface area contributed by atoms with Gasteiger partial charge in [0, 0.05) is 70.4 Å². The Labute approximate surface area is 488 Å². The third-order valence-electron chi connectivity index (χ3n) is 15.4. The van der Waals surface area contributed by atoms with Gasteiger partial charge in [0.1, 0.15) is 97.5 Å². The second-order valence-electron chi connectivity index (χ2n) is 25.0. The monoisotopic (exact) mass is 1120 g/mol. The van der Waals surface area contributed by atoms with Crippen LogP contribution in [0.4, 0.5) is 34.4 Å². The van der Waals surface area contributed by atoms with Crippen molar-refractivity contribution in [3.63, 3.8) is 0 Å². The number of amidine groups is 3. The number of aromatic amines is 2. The molecule has 8 bridgehead atoms. The number of hydrogen-bond donors (Lipinski definition) is 3. The molecule has 2 aromatic heterocycles. The molecule has 1 unspecified atom stereocenters. The van der Waals surface area contributed by atoms with E-state index in [4.69, 9.17) is 43.9 Å². The lowest BCUT2D eigenvalue weighted by Crippen LogP contribution is -2.34. The van der Waals surface area contributed by atoms with Gasteiger partial charge < -0.3 is 34.2 Å². The van der Waals surface area contributed by atoms with Crippen LogP contribution in [-0.2, 0) is 0 Å². The number of aliphatic imine (C=N–C) groups is 3. The number of H-pyrrole nitrogens is 2. The number of ether oxygens (including phenoxy) is 4. The molecule has 0 amide bonds. The highest BCUT2D eigenvalue weighted by Crippen LogP contribution is 2.46. The summed E-state index contributed by atoms with van der Waals surface area (Å²) in [6.07, 6.45) is -0.665. The minimum absolute atomic E-state index is 0.373. The molecule has 13 rings (SSSR count). The summed E-state index contributed by atoms with van der Waals surface area (Å²) in [5.41, 5.74) is 8.48. The molecule has 0 saturated heterocycles. The average Bonchev–Trinajstić information content (AvgIpc) is 1.95. The van der Waals surface area contributed by atoms with Crippen LogP contribution in [0.25, 0.3) is 21.5 Å². The molecule has 0 fully saturated rings. The van der Waals surface area contributed by atoms with E-state index in [0.717, 1.165) is 55.6 Å². The molecule has 1 atom stereocenters. The molecule has 16 nitrogen and oxygen atoms in total. The van der Waals surface area contributed by atoms with Crippen molar-refractivity contribution in [3.05, 3.63) is 203 Å². The number of hydrogen-bond acceptors (Lipinski definition) is 10. The number of rotatable bonds is 12. The van der Waals surface area contributed by atoms with Crippen molar-refractivity contribution in [3.8, 4) is 46.0 Å². The number of benzene rings is 8. The predicted octanol–water partition coefficient (Wildman–Crippen LogP) is 13.3. The Balaban J connectivity index is 1.05. The number of nitrogens with zero attached hydrogens (tertiary/aromatic N) is 9. The van der Waals surface area contributed by atoms with Gasteiger partial charge in [-0.1, -0.05) is 48.5 Å². The first-order valence-electron chi connectivity index (χ1n) is 28.0. The van der Waals surface area contributed by atoms with Gasteiger partial charge in [0.25, 0.3) is 0 Å². The van der Waals surface area contributed by atoms with Crippen molar-refractivity contribution < 1.29 is 18.9 Å². The van der Waals surface area contributed by atoms with Crippen molar-refractivity contribution in [1.82, 2.24) is 27.9 Å². The van der Waals surface area contributed by atoms with Crippen LogP contribution in [0.3, 0.4) is 0 Å². The van der Waals surface area contributed by atoms with E-state index in [9.17, 15) is 0 Å². The highest BCUT2D eigenvalue weighted by molar-refractivity contribution is 6.25. The summed E-state index contributed by atoms with van der Waals surface area (Å²) < 4.78 is 30.0. The summed E-state index contributed by atoms with van der Waals surface area (Å²) in [5, 5.41) is 6.82. The first kappa shape index (κ1) is 53.6. The molecule has 16 heteroatoms. The lowest BCUT2D eigenvalue weighted by molar-refractivity contribution is 0.473. The number of quaternary nitrogens is 4. The van der Waals surface area contributed by atoms with Crippen LogP contribution in [0, 0.1) is 0 Å². The van der Waals surface area contributed by atoms with Gasteiger partial charge in [-0.15, -0.1) is 0 Å². The van der Waals surface area contributed by atoms with Crippen LogP contribution < -0.4 is 53.2 Å². The summed E-state index contributed by atoms with van der Waals surface area (Å²) in [5.74, 6) is 7.41. The smallest absolute Gasteiger partial charge is 0.168 e. The number of fused-ring (bicyclic) bond motifs is 18. The van der Waals surface area contributed by atoms with E-state index < -0.39 is 6.17 Å². The standard InChI is InChI=1S/C68H68N12O4/c1-77(2,3)41-25-33-45(34-26-41)81-53-21-13-17-49-57(53)65-70-61(49)69-62-50-18-14-23-55(83-47-37-29-43(30-38-47)79(7,8)9)59(50)67(71-62)76-68-60-52(20-16-24-56(60)84-48-39-31-44(32-40-48)80(10,11)12)64(75-68)74-66-58-51(63(72-65)73-66)19-15-22-54(58)82-46-35-27-42(28-36-46)78(4,5)6/h13-40,63,70,72H,1-12H3,(H,69,71,73,74,75,76)/q+4. The molecule has 3 aliphatic rings. The van der Waals surface area contributed by atoms with E-state index in [2.05, 4.69) is 154 Å². The summed E-state index contributed by atoms with van der Waals surface area (Å²) in [7, 11) is 25.7. The maximum absolute atomic E-state index is 6.86. The maximum Gasteiger partial charge on any atom is 0.168 e. The summed E-state index contributed by atoms with van der Waals surface area (Å²) in [6, 6.07) is 56.5. The van der Waals surface area contributed by atoms with Crippen LogP contribution in [-0.4, -0.2) is 112 Å². The molecule has 0 radical (unpaired) electrons. The highest BCUT2D eigenvalue weighted by Gasteiger charge is 2.33. The minimum atomic E-state index is -0.665. The molecule has 3 aliphatic heterocycles. The van der Waals surface area contributed by atoms with E-state index in [-0.39, 0.29) is 0 Å². The fourth-order valence-electron chi connectivity index (χ4n) is 10.8. The molecule has 420 valence electrons. The van der Waals surface area contributed by atoms with Crippen LogP contribution in [0.2, 0.25) is 0 Å². The minimum Gasteiger partial charge on any atom is -0.457 e. The molecule has 8 aromatic carbocycles. The fraction of sp³-hybridized carbons (Fsp3) is 0.191. The third kappa shape index (κ3) is 10.1. The topological polar surface area (TPSA) is 142 Å². The van der Waals surface area contributed by atoms with Gasteiger partial charge in [-0.25, -0.2) is 25.0 Å². The molecule has 5 heterocycles. The zero-order chi connectivity index (χ0) is 58.5. The predicted molar refractivity (Wildman–Crippen MR) is 342 cm³/mol. The highest BCUT2D eigenvalue weighted by atomic mass is 16.5. The lowest BCUT2D eigenvalue weighted by Gasteiger charge is -2.23. The molecule has 0 aliphatic carbocycles. The zero-order valence-corrected chi connectivity index (χ0v) is 49.4.